The topological polar surface area (TPSA) is 60.7 Å². The average molecular weight is 246 g/mol. The van der Waals surface area contributed by atoms with Crippen LogP contribution in [-0.4, -0.2) is 15.3 Å². The summed E-state index contributed by atoms with van der Waals surface area (Å²) in [5.74, 6) is 0. The van der Waals surface area contributed by atoms with Gasteiger partial charge in [-0.3, -0.25) is 0 Å². The lowest BCUT2D eigenvalue weighted by Crippen LogP contribution is -1.98. The molecule has 0 spiro atoms. The van der Waals surface area contributed by atoms with Gasteiger partial charge in [0.15, 0.2) is 0 Å². The van der Waals surface area contributed by atoms with Crippen molar-refractivity contribution in [3.63, 3.8) is 0 Å². The van der Waals surface area contributed by atoms with Crippen molar-refractivity contribution in [2.24, 2.45) is 0 Å². The summed E-state index contributed by atoms with van der Waals surface area (Å²) in [6.45, 7) is 0. The normalized spacial score (nSPS) is 12.0. The van der Waals surface area contributed by atoms with Gasteiger partial charge >= 0.3 is 0 Å². The second kappa shape index (κ2) is 8.01. The average Bonchev–Trinajstić information content (AvgIpc) is 2.41. The molecule has 0 aromatic heterocycles. The molecule has 0 radical (unpaired) electrons. The molecule has 0 fully saturated rings. The predicted octanol–water partition coefficient (Wildman–Crippen LogP) is 3.53. The molecule has 0 bridgehead atoms. The first-order valence-corrected chi connectivity index (χ1v) is 5.80. The van der Waals surface area contributed by atoms with E-state index in [2.05, 4.69) is 0 Å². The highest BCUT2D eigenvalue weighted by Gasteiger charge is 2.05. The molecule has 96 valence electrons. The number of rotatable bonds is 6. The predicted molar refractivity (Wildman–Crippen MR) is 72.9 cm³/mol. The molecule has 0 saturated heterocycles. The monoisotopic (exact) mass is 246 g/mol. The highest BCUT2D eigenvalue weighted by molar-refractivity contribution is 5.38. The van der Waals surface area contributed by atoms with Gasteiger partial charge in [-0.05, 0) is 54.2 Å². The van der Waals surface area contributed by atoms with Crippen LogP contribution in [0.3, 0.4) is 0 Å². The molecule has 3 nitrogen and oxygen atoms in total. The summed E-state index contributed by atoms with van der Waals surface area (Å²) < 4.78 is 0. The molecule has 0 saturated carbocycles. The lowest BCUT2D eigenvalue weighted by molar-refractivity contribution is 0.470. The van der Waals surface area contributed by atoms with Crippen LogP contribution in [0, 0.1) is 0 Å². The molecule has 0 aliphatic carbocycles. The molecular formula is C15H18O3. The molecule has 0 amide bonds. The molecule has 0 heterocycles. The Morgan fingerprint density at radius 2 is 1.17 bits per heavy atom. The van der Waals surface area contributed by atoms with Crippen molar-refractivity contribution in [1.29, 1.82) is 0 Å². The third-order valence-corrected chi connectivity index (χ3v) is 2.68. The van der Waals surface area contributed by atoms with Crippen LogP contribution in [0.15, 0.2) is 55.2 Å². The largest absolute Gasteiger partial charge is 0.516 e. The Bertz CT molecular complexity index is 413. The third-order valence-electron chi connectivity index (χ3n) is 2.68. The molecule has 1 rings (SSSR count). The minimum absolute atomic E-state index is 0.626. The molecule has 18 heavy (non-hydrogen) atoms. The van der Waals surface area contributed by atoms with E-state index in [1.165, 1.54) is 0 Å². The van der Waals surface area contributed by atoms with Gasteiger partial charge in [0.05, 0.1) is 18.8 Å². The fourth-order valence-electron chi connectivity index (χ4n) is 1.86. The van der Waals surface area contributed by atoms with E-state index >= 15 is 0 Å². The summed E-state index contributed by atoms with van der Waals surface area (Å²) in [4.78, 5) is 0. The number of hydrogen-bond acceptors (Lipinski definition) is 3. The van der Waals surface area contributed by atoms with E-state index in [9.17, 15) is 0 Å². The number of aliphatic hydroxyl groups excluding tert-OH is 3. The fourth-order valence-corrected chi connectivity index (χ4v) is 1.86. The Morgan fingerprint density at radius 3 is 1.61 bits per heavy atom. The maximum absolute atomic E-state index is 8.77. The number of aliphatic hydroxyl groups is 3. The van der Waals surface area contributed by atoms with Crippen LogP contribution in [0.5, 0.6) is 0 Å². The van der Waals surface area contributed by atoms with Gasteiger partial charge < -0.3 is 15.3 Å². The number of hydrogen-bond donors (Lipinski definition) is 3. The number of benzene rings is 1. The molecule has 0 aliphatic rings. The summed E-state index contributed by atoms with van der Waals surface area (Å²) in [6, 6.07) is 5.94. The van der Waals surface area contributed by atoms with Gasteiger partial charge in [-0.1, -0.05) is 18.2 Å². The number of allylic oxidation sites excluding steroid dienone is 3. The molecule has 1 aromatic rings. The Hall–Kier alpha value is -2.16. The third kappa shape index (κ3) is 4.01. The van der Waals surface area contributed by atoms with Crippen molar-refractivity contribution in [1.82, 2.24) is 0 Å². The second-order valence-electron chi connectivity index (χ2n) is 3.82. The first kappa shape index (κ1) is 13.9. The van der Waals surface area contributed by atoms with Gasteiger partial charge in [-0.15, -0.1) is 0 Å². The zero-order chi connectivity index (χ0) is 13.2. The highest BCUT2D eigenvalue weighted by atomic mass is 16.2. The Balaban J connectivity index is 3.06. The van der Waals surface area contributed by atoms with Gasteiger partial charge in [0.1, 0.15) is 0 Å². The SMILES string of the molecule is OC=CCc1cccc(CC=CO)c1CC=CO. The zero-order valence-corrected chi connectivity index (χ0v) is 10.2. The summed E-state index contributed by atoms with van der Waals surface area (Å²) >= 11 is 0. The van der Waals surface area contributed by atoms with Gasteiger partial charge in [-0.2, -0.15) is 0 Å². The molecule has 3 heteroatoms. The first-order valence-electron chi connectivity index (χ1n) is 5.80. The summed E-state index contributed by atoms with van der Waals surface area (Å²) in [5.41, 5.74) is 3.31. The smallest absolute Gasteiger partial charge is 0.0755 e. The van der Waals surface area contributed by atoms with Gasteiger partial charge in [-0.25, -0.2) is 0 Å². The van der Waals surface area contributed by atoms with Gasteiger partial charge in [0.25, 0.3) is 0 Å². The van der Waals surface area contributed by atoms with E-state index in [-0.39, 0.29) is 0 Å². The Labute approximate surface area is 107 Å². The zero-order valence-electron chi connectivity index (χ0n) is 10.2. The molecule has 1 aromatic carbocycles. The van der Waals surface area contributed by atoms with Crippen LogP contribution < -0.4 is 0 Å². The summed E-state index contributed by atoms with van der Waals surface area (Å²) in [6.07, 6.45) is 10.0. The van der Waals surface area contributed by atoms with E-state index < -0.39 is 0 Å². The van der Waals surface area contributed by atoms with Crippen molar-refractivity contribution in [2.45, 2.75) is 19.3 Å². The van der Waals surface area contributed by atoms with E-state index in [0.717, 1.165) is 35.5 Å². The fraction of sp³-hybridized carbons (Fsp3) is 0.200. The first-order chi connectivity index (χ1) is 8.83. The van der Waals surface area contributed by atoms with Crippen molar-refractivity contribution in [3.05, 3.63) is 71.9 Å². The quantitative estimate of drug-likeness (QED) is 0.673. The minimum Gasteiger partial charge on any atom is -0.516 e. The summed E-state index contributed by atoms with van der Waals surface area (Å²) in [7, 11) is 0. The second-order valence-corrected chi connectivity index (χ2v) is 3.82. The lowest BCUT2D eigenvalue weighted by atomic mass is 9.94. The Kier molecular flexibility index (Phi) is 6.19. The standard InChI is InChI=1S/C15H18O3/c16-10-2-7-13-5-1-6-14(8-3-11-17)15(13)9-4-12-18/h1-6,10-12,16-18H,7-9H2. The van der Waals surface area contributed by atoms with Crippen molar-refractivity contribution >= 4 is 0 Å². The lowest BCUT2D eigenvalue weighted by Gasteiger charge is -2.11. The van der Waals surface area contributed by atoms with Crippen LogP contribution in [0.25, 0.3) is 0 Å². The van der Waals surface area contributed by atoms with Crippen LogP contribution in [0.4, 0.5) is 0 Å². The molecular weight excluding hydrogens is 228 g/mol. The van der Waals surface area contributed by atoms with Gasteiger partial charge in [0, 0.05) is 0 Å². The maximum atomic E-state index is 8.77. The van der Waals surface area contributed by atoms with E-state index in [0.29, 0.717) is 19.3 Å². The van der Waals surface area contributed by atoms with Crippen LogP contribution in [-0.2, 0) is 19.3 Å². The van der Waals surface area contributed by atoms with Crippen LogP contribution >= 0.6 is 0 Å². The van der Waals surface area contributed by atoms with E-state index in [1.54, 1.807) is 18.2 Å². The van der Waals surface area contributed by atoms with Crippen molar-refractivity contribution in [2.75, 3.05) is 0 Å². The van der Waals surface area contributed by atoms with Crippen LogP contribution in [0.1, 0.15) is 16.7 Å². The van der Waals surface area contributed by atoms with Crippen molar-refractivity contribution < 1.29 is 15.3 Å². The maximum Gasteiger partial charge on any atom is 0.0755 e. The van der Waals surface area contributed by atoms with Crippen molar-refractivity contribution in [3.8, 4) is 0 Å². The molecule has 3 N–H and O–H groups in total. The van der Waals surface area contributed by atoms with E-state index in [4.69, 9.17) is 15.3 Å². The summed E-state index contributed by atoms with van der Waals surface area (Å²) in [5, 5.41) is 26.2. The van der Waals surface area contributed by atoms with Gasteiger partial charge in [0.2, 0.25) is 0 Å². The van der Waals surface area contributed by atoms with E-state index in [1.807, 2.05) is 18.2 Å². The molecule has 0 atom stereocenters. The minimum atomic E-state index is 0.626. The highest BCUT2D eigenvalue weighted by Crippen LogP contribution is 2.18. The molecule has 0 aliphatic heterocycles. The Morgan fingerprint density at radius 1 is 0.722 bits per heavy atom. The van der Waals surface area contributed by atoms with Crippen LogP contribution in [0.2, 0.25) is 0 Å². The molecule has 0 unspecified atom stereocenters.